The van der Waals surface area contributed by atoms with Gasteiger partial charge in [0.2, 0.25) is 0 Å². The second-order valence-corrected chi connectivity index (χ2v) is 7.48. The number of aryl methyl sites for hydroxylation is 1. The van der Waals surface area contributed by atoms with Gasteiger partial charge in [-0.25, -0.2) is 9.97 Å². The summed E-state index contributed by atoms with van der Waals surface area (Å²) < 4.78 is 0. The van der Waals surface area contributed by atoms with Gasteiger partial charge in [-0.2, -0.15) is 0 Å². The van der Waals surface area contributed by atoms with Crippen LogP contribution in [0.5, 0.6) is 0 Å². The summed E-state index contributed by atoms with van der Waals surface area (Å²) in [4.78, 5) is 24.3. The molecule has 1 aromatic heterocycles. The Morgan fingerprint density at radius 2 is 1.87 bits per heavy atom. The Kier molecular flexibility index (Phi) is 4.98. The zero-order chi connectivity index (χ0) is 16.4. The van der Waals surface area contributed by atoms with Crippen LogP contribution in [0.3, 0.4) is 0 Å². The van der Waals surface area contributed by atoms with Gasteiger partial charge in [-0.05, 0) is 44.4 Å². The standard InChI is InChI=1S/C19H29N3O/c1-13(2)18-16(12-20-14(3)21-18)19(23)22-11-7-6-9-15-8-4-5-10-17(15)22/h12-13,15,17H,4-11H2,1-3H3/t15-,17+/m1/s1. The number of nitrogens with zero attached hydrogens (tertiary/aromatic N) is 3. The Balaban J connectivity index is 1.92. The topological polar surface area (TPSA) is 46.1 Å². The molecule has 0 N–H and O–H groups in total. The highest BCUT2D eigenvalue weighted by atomic mass is 16.2. The van der Waals surface area contributed by atoms with Crippen LogP contribution in [0, 0.1) is 12.8 Å². The molecule has 23 heavy (non-hydrogen) atoms. The first-order valence-electron chi connectivity index (χ1n) is 9.22. The Hall–Kier alpha value is -1.45. The van der Waals surface area contributed by atoms with Crippen molar-refractivity contribution < 1.29 is 4.79 Å². The third-order valence-corrected chi connectivity index (χ3v) is 5.47. The van der Waals surface area contributed by atoms with Gasteiger partial charge in [0.15, 0.2) is 0 Å². The number of hydrogen-bond acceptors (Lipinski definition) is 3. The molecule has 0 spiro atoms. The van der Waals surface area contributed by atoms with Gasteiger partial charge in [-0.1, -0.05) is 33.1 Å². The first kappa shape index (κ1) is 16.4. The van der Waals surface area contributed by atoms with E-state index in [0.29, 0.717) is 12.0 Å². The molecule has 1 amide bonds. The van der Waals surface area contributed by atoms with E-state index in [4.69, 9.17) is 0 Å². The van der Waals surface area contributed by atoms with E-state index in [0.717, 1.165) is 30.0 Å². The minimum atomic E-state index is 0.160. The summed E-state index contributed by atoms with van der Waals surface area (Å²) >= 11 is 0. The lowest BCUT2D eigenvalue weighted by Crippen LogP contribution is -2.45. The van der Waals surface area contributed by atoms with Crippen molar-refractivity contribution in [1.29, 1.82) is 0 Å². The highest BCUT2D eigenvalue weighted by Crippen LogP contribution is 2.35. The van der Waals surface area contributed by atoms with E-state index in [1.165, 1.54) is 38.5 Å². The van der Waals surface area contributed by atoms with Gasteiger partial charge in [0.05, 0.1) is 11.3 Å². The average molecular weight is 315 g/mol. The number of fused-ring (bicyclic) bond motifs is 1. The quantitative estimate of drug-likeness (QED) is 0.825. The lowest BCUT2D eigenvalue weighted by Gasteiger charge is -2.38. The zero-order valence-corrected chi connectivity index (χ0v) is 14.7. The second kappa shape index (κ2) is 6.98. The minimum absolute atomic E-state index is 0.160. The lowest BCUT2D eigenvalue weighted by molar-refractivity contribution is 0.0566. The van der Waals surface area contributed by atoms with Gasteiger partial charge >= 0.3 is 0 Å². The Bertz CT molecular complexity index is 570. The van der Waals surface area contributed by atoms with Crippen LogP contribution in [0.2, 0.25) is 0 Å². The largest absolute Gasteiger partial charge is 0.335 e. The van der Waals surface area contributed by atoms with Crippen molar-refractivity contribution in [3.8, 4) is 0 Å². The number of aromatic nitrogens is 2. The third-order valence-electron chi connectivity index (χ3n) is 5.47. The minimum Gasteiger partial charge on any atom is -0.335 e. The summed E-state index contributed by atoms with van der Waals surface area (Å²) in [6.45, 7) is 6.99. The summed E-state index contributed by atoms with van der Waals surface area (Å²) in [6, 6.07) is 0.431. The molecule has 0 bridgehead atoms. The van der Waals surface area contributed by atoms with Gasteiger partial charge < -0.3 is 4.90 Å². The monoisotopic (exact) mass is 315 g/mol. The lowest BCUT2D eigenvalue weighted by atomic mass is 9.81. The van der Waals surface area contributed by atoms with Crippen LogP contribution in [0.25, 0.3) is 0 Å². The summed E-state index contributed by atoms with van der Waals surface area (Å²) in [5.74, 6) is 1.85. The van der Waals surface area contributed by atoms with Crippen LogP contribution < -0.4 is 0 Å². The van der Waals surface area contributed by atoms with Crippen molar-refractivity contribution in [2.75, 3.05) is 6.54 Å². The number of carbonyl (C=O) groups excluding carboxylic acids is 1. The van der Waals surface area contributed by atoms with E-state index < -0.39 is 0 Å². The maximum absolute atomic E-state index is 13.3. The summed E-state index contributed by atoms with van der Waals surface area (Å²) in [5.41, 5.74) is 1.62. The Morgan fingerprint density at radius 3 is 2.61 bits per heavy atom. The van der Waals surface area contributed by atoms with Gasteiger partial charge in [0.25, 0.3) is 5.91 Å². The van der Waals surface area contributed by atoms with Crippen LogP contribution in [-0.4, -0.2) is 33.4 Å². The SMILES string of the molecule is Cc1ncc(C(=O)N2CCCC[C@H]3CCCC[C@@H]32)c(C(C)C)n1. The molecule has 1 saturated heterocycles. The molecule has 2 aliphatic rings. The number of hydrogen-bond donors (Lipinski definition) is 0. The number of amides is 1. The molecule has 1 aliphatic carbocycles. The van der Waals surface area contributed by atoms with E-state index in [2.05, 4.69) is 28.7 Å². The molecular weight excluding hydrogens is 286 g/mol. The molecule has 0 radical (unpaired) electrons. The zero-order valence-electron chi connectivity index (χ0n) is 14.7. The molecule has 1 aromatic rings. The molecule has 0 aromatic carbocycles. The van der Waals surface area contributed by atoms with Crippen molar-refractivity contribution in [3.05, 3.63) is 23.3 Å². The summed E-state index contributed by atoms with van der Waals surface area (Å²) in [7, 11) is 0. The van der Waals surface area contributed by atoms with Gasteiger partial charge in [-0.15, -0.1) is 0 Å². The van der Waals surface area contributed by atoms with Gasteiger partial charge in [0.1, 0.15) is 5.82 Å². The van der Waals surface area contributed by atoms with Crippen LogP contribution in [-0.2, 0) is 0 Å². The molecule has 3 rings (SSSR count). The second-order valence-electron chi connectivity index (χ2n) is 7.48. The maximum atomic E-state index is 13.3. The molecule has 4 heteroatoms. The molecule has 1 saturated carbocycles. The van der Waals surface area contributed by atoms with Crippen LogP contribution >= 0.6 is 0 Å². The fourth-order valence-corrected chi connectivity index (χ4v) is 4.29. The van der Waals surface area contributed by atoms with E-state index in [1.807, 2.05) is 6.92 Å². The van der Waals surface area contributed by atoms with Crippen molar-refractivity contribution >= 4 is 5.91 Å². The first-order chi connectivity index (χ1) is 11.1. The molecule has 2 fully saturated rings. The Morgan fingerprint density at radius 1 is 1.17 bits per heavy atom. The van der Waals surface area contributed by atoms with Crippen molar-refractivity contribution in [2.45, 2.75) is 77.7 Å². The van der Waals surface area contributed by atoms with Crippen LogP contribution in [0.4, 0.5) is 0 Å². The summed E-state index contributed by atoms with van der Waals surface area (Å²) in [5, 5.41) is 0. The smallest absolute Gasteiger partial charge is 0.257 e. The maximum Gasteiger partial charge on any atom is 0.257 e. The summed E-state index contributed by atoms with van der Waals surface area (Å²) in [6.07, 6.45) is 10.5. The predicted molar refractivity (Wildman–Crippen MR) is 91.5 cm³/mol. The molecule has 2 atom stereocenters. The fourth-order valence-electron chi connectivity index (χ4n) is 4.29. The average Bonchev–Trinajstić information content (AvgIpc) is 2.76. The number of rotatable bonds is 2. The van der Waals surface area contributed by atoms with Crippen LogP contribution in [0.15, 0.2) is 6.20 Å². The first-order valence-corrected chi connectivity index (χ1v) is 9.22. The molecule has 4 nitrogen and oxygen atoms in total. The Labute approximate surface area is 139 Å². The molecular formula is C19H29N3O. The molecule has 126 valence electrons. The third kappa shape index (κ3) is 3.41. The van der Waals surface area contributed by atoms with Gasteiger partial charge in [-0.3, -0.25) is 4.79 Å². The van der Waals surface area contributed by atoms with Crippen molar-refractivity contribution in [2.24, 2.45) is 5.92 Å². The number of carbonyl (C=O) groups is 1. The van der Waals surface area contributed by atoms with E-state index in [-0.39, 0.29) is 11.8 Å². The van der Waals surface area contributed by atoms with E-state index in [1.54, 1.807) is 6.20 Å². The highest BCUT2D eigenvalue weighted by molar-refractivity contribution is 5.95. The number of likely N-dealkylation sites (tertiary alicyclic amines) is 1. The molecule has 2 heterocycles. The van der Waals surface area contributed by atoms with E-state index in [9.17, 15) is 4.79 Å². The fraction of sp³-hybridized carbons (Fsp3) is 0.737. The molecule has 0 unspecified atom stereocenters. The van der Waals surface area contributed by atoms with Crippen LogP contribution in [0.1, 0.15) is 86.6 Å². The van der Waals surface area contributed by atoms with Gasteiger partial charge in [0, 0.05) is 18.8 Å². The molecule has 1 aliphatic heterocycles. The van der Waals surface area contributed by atoms with E-state index >= 15 is 0 Å². The predicted octanol–water partition coefficient (Wildman–Crippen LogP) is 4.09. The van der Waals surface area contributed by atoms with Crippen molar-refractivity contribution in [1.82, 2.24) is 14.9 Å². The van der Waals surface area contributed by atoms with Crippen molar-refractivity contribution in [3.63, 3.8) is 0 Å². The normalized spacial score (nSPS) is 25.1. The highest BCUT2D eigenvalue weighted by Gasteiger charge is 2.35.